The molecule has 2 aliphatic rings. The van der Waals surface area contributed by atoms with Crippen LogP contribution < -0.4 is 10.2 Å². The molecule has 172 valence electrons. The van der Waals surface area contributed by atoms with Gasteiger partial charge in [0, 0.05) is 75.1 Å². The van der Waals surface area contributed by atoms with Crippen LogP contribution in [0.4, 0.5) is 11.4 Å². The molecule has 1 N–H and O–H groups in total. The number of nitrogens with zero attached hydrogens (tertiary/aromatic N) is 4. The largest absolute Gasteiger partial charge is 0.369 e. The molecule has 3 heterocycles. The number of benzene rings is 2. The lowest BCUT2D eigenvalue weighted by Gasteiger charge is -2.36. The maximum absolute atomic E-state index is 12.7. The molecule has 1 fully saturated rings. The van der Waals surface area contributed by atoms with Gasteiger partial charge in [0.25, 0.3) is 0 Å². The van der Waals surface area contributed by atoms with Gasteiger partial charge in [-0.2, -0.15) is 0 Å². The van der Waals surface area contributed by atoms with Crippen LogP contribution in [0.15, 0.2) is 72.9 Å². The van der Waals surface area contributed by atoms with E-state index in [-0.39, 0.29) is 11.9 Å². The number of hydrogen-bond acceptors (Lipinski definition) is 4. The molecule has 0 saturated carbocycles. The molecule has 0 aliphatic carbocycles. The van der Waals surface area contributed by atoms with Crippen molar-refractivity contribution >= 4 is 17.3 Å². The Morgan fingerprint density at radius 3 is 2.39 bits per heavy atom. The number of fused-ring (bicyclic) bond motifs is 1. The van der Waals surface area contributed by atoms with Gasteiger partial charge in [-0.05, 0) is 48.9 Å². The van der Waals surface area contributed by atoms with E-state index in [9.17, 15) is 4.79 Å². The van der Waals surface area contributed by atoms with Crippen molar-refractivity contribution in [3.63, 3.8) is 0 Å². The number of anilines is 2. The lowest BCUT2D eigenvalue weighted by molar-refractivity contribution is -0.118. The van der Waals surface area contributed by atoms with Gasteiger partial charge >= 0.3 is 0 Å². The fourth-order valence-corrected chi connectivity index (χ4v) is 4.99. The maximum Gasteiger partial charge on any atom is 0.238 e. The van der Waals surface area contributed by atoms with E-state index in [1.807, 2.05) is 12.1 Å². The zero-order chi connectivity index (χ0) is 22.6. The minimum Gasteiger partial charge on any atom is -0.369 e. The van der Waals surface area contributed by atoms with Crippen LogP contribution in [-0.4, -0.2) is 59.5 Å². The first-order valence-electron chi connectivity index (χ1n) is 12.0. The number of aromatic nitrogens is 1. The zero-order valence-corrected chi connectivity index (χ0v) is 19.4. The van der Waals surface area contributed by atoms with Crippen molar-refractivity contribution in [2.75, 3.05) is 49.5 Å². The van der Waals surface area contributed by atoms with E-state index < -0.39 is 0 Å². The van der Waals surface area contributed by atoms with Crippen molar-refractivity contribution in [3.8, 4) is 0 Å². The standard InChI is InChI=1S/C27H33N5O/c1-22-26-8-5-13-31(26)18-19-32(22)21-27(33)28-24-9-11-25(12-10-24)30-16-14-29(15-17-30)20-23-6-3-2-4-7-23/h2-13,22H,14-21H2,1H3,(H,28,33). The van der Waals surface area contributed by atoms with Gasteiger partial charge in [-0.1, -0.05) is 30.3 Å². The van der Waals surface area contributed by atoms with Gasteiger partial charge in [-0.15, -0.1) is 0 Å². The average Bonchev–Trinajstić information content (AvgIpc) is 3.32. The third kappa shape index (κ3) is 5.13. The molecule has 1 unspecified atom stereocenters. The Hall–Kier alpha value is -3.09. The Morgan fingerprint density at radius 2 is 1.64 bits per heavy atom. The molecule has 5 rings (SSSR count). The summed E-state index contributed by atoms with van der Waals surface area (Å²) >= 11 is 0. The van der Waals surface area contributed by atoms with Crippen LogP contribution in [0.1, 0.15) is 24.2 Å². The smallest absolute Gasteiger partial charge is 0.238 e. The Kier molecular flexibility index (Phi) is 6.46. The number of carbonyl (C=O) groups is 1. The topological polar surface area (TPSA) is 43.8 Å². The molecular weight excluding hydrogens is 410 g/mol. The first kappa shape index (κ1) is 21.7. The van der Waals surface area contributed by atoms with Crippen molar-refractivity contribution in [3.05, 3.63) is 84.2 Å². The number of carbonyl (C=O) groups excluding carboxylic acids is 1. The fraction of sp³-hybridized carbons (Fsp3) is 0.370. The minimum atomic E-state index is 0.0455. The second kappa shape index (κ2) is 9.81. The van der Waals surface area contributed by atoms with Crippen LogP contribution in [0, 0.1) is 0 Å². The molecule has 1 aromatic heterocycles. The van der Waals surface area contributed by atoms with Gasteiger partial charge in [-0.3, -0.25) is 14.6 Å². The monoisotopic (exact) mass is 443 g/mol. The van der Waals surface area contributed by atoms with Crippen LogP contribution >= 0.6 is 0 Å². The SMILES string of the molecule is CC1c2cccn2CCN1CC(=O)Nc1ccc(N2CCN(Cc3ccccc3)CC2)cc1. The molecular formula is C27H33N5O. The third-order valence-electron chi connectivity index (χ3n) is 6.95. The molecule has 6 heteroatoms. The highest BCUT2D eigenvalue weighted by atomic mass is 16.2. The Balaban J connectivity index is 1.10. The highest BCUT2D eigenvalue weighted by Crippen LogP contribution is 2.25. The van der Waals surface area contributed by atoms with E-state index in [2.05, 4.69) is 92.3 Å². The maximum atomic E-state index is 12.7. The Morgan fingerprint density at radius 1 is 0.879 bits per heavy atom. The summed E-state index contributed by atoms with van der Waals surface area (Å²) in [6, 6.07) is 23.5. The lowest BCUT2D eigenvalue weighted by atomic mass is 10.1. The average molecular weight is 444 g/mol. The van der Waals surface area contributed by atoms with Crippen LogP contribution in [0.25, 0.3) is 0 Å². The quantitative estimate of drug-likeness (QED) is 0.629. The molecule has 3 aromatic rings. The highest BCUT2D eigenvalue weighted by Gasteiger charge is 2.25. The molecule has 6 nitrogen and oxygen atoms in total. The van der Waals surface area contributed by atoms with Crippen LogP contribution in [0.5, 0.6) is 0 Å². The van der Waals surface area contributed by atoms with E-state index in [0.717, 1.165) is 51.5 Å². The molecule has 1 amide bonds. The van der Waals surface area contributed by atoms with Crippen molar-refractivity contribution in [2.24, 2.45) is 0 Å². The predicted octanol–water partition coefficient (Wildman–Crippen LogP) is 3.83. The number of amides is 1. The normalized spacial score (nSPS) is 19.3. The molecule has 0 spiro atoms. The first-order chi connectivity index (χ1) is 16.2. The number of hydrogen-bond donors (Lipinski definition) is 1. The van der Waals surface area contributed by atoms with Gasteiger partial charge in [0.1, 0.15) is 0 Å². The fourth-order valence-electron chi connectivity index (χ4n) is 4.99. The summed E-state index contributed by atoms with van der Waals surface area (Å²) in [5.74, 6) is 0.0455. The second-order valence-electron chi connectivity index (χ2n) is 9.12. The van der Waals surface area contributed by atoms with Gasteiger partial charge in [0.2, 0.25) is 5.91 Å². The van der Waals surface area contributed by atoms with Gasteiger partial charge in [0.15, 0.2) is 0 Å². The molecule has 0 bridgehead atoms. The molecule has 1 atom stereocenters. The summed E-state index contributed by atoms with van der Waals surface area (Å²) in [5.41, 5.74) is 4.73. The third-order valence-corrected chi connectivity index (χ3v) is 6.95. The lowest BCUT2D eigenvalue weighted by Crippen LogP contribution is -2.45. The van der Waals surface area contributed by atoms with E-state index in [4.69, 9.17) is 0 Å². The van der Waals surface area contributed by atoms with Crippen LogP contribution in [0.3, 0.4) is 0 Å². The summed E-state index contributed by atoms with van der Waals surface area (Å²) in [6.07, 6.45) is 2.12. The summed E-state index contributed by atoms with van der Waals surface area (Å²) in [6.45, 7) is 9.60. The summed E-state index contributed by atoms with van der Waals surface area (Å²) in [5, 5.41) is 3.08. The van der Waals surface area contributed by atoms with Crippen molar-refractivity contribution in [2.45, 2.75) is 26.1 Å². The van der Waals surface area contributed by atoms with Gasteiger partial charge < -0.3 is 14.8 Å². The van der Waals surface area contributed by atoms with E-state index in [1.165, 1.54) is 16.9 Å². The minimum absolute atomic E-state index is 0.0455. The van der Waals surface area contributed by atoms with E-state index >= 15 is 0 Å². The van der Waals surface area contributed by atoms with Crippen molar-refractivity contribution < 1.29 is 4.79 Å². The first-order valence-corrected chi connectivity index (χ1v) is 12.0. The number of rotatable bonds is 6. The van der Waals surface area contributed by atoms with Gasteiger partial charge in [0.05, 0.1) is 6.54 Å². The molecule has 33 heavy (non-hydrogen) atoms. The predicted molar refractivity (Wildman–Crippen MR) is 133 cm³/mol. The van der Waals surface area contributed by atoms with Crippen LogP contribution in [0.2, 0.25) is 0 Å². The number of piperazine rings is 1. The zero-order valence-electron chi connectivity index (χ0n) is 19.4. The van der Waals surface area contributed by atoms with E-state index in [1.54, 1.807) is 0 Å². The highest BCUT2D eigenvalue weighted by molar-refractivity contribution is 5.92. The molecule has 2 aromatic carbocycles. The van der Waals surface area contributed by atoms with Gasteiger partial charge in [-0.25, -0.2) is 0 Å². The summed E-state index contributed by atoms with van der Waals surface area (Å²) in [4.78, 5) is 19.9. The summed E-state index contributed by atoms with van der Waals surface area (Å²) < 4.78 is 2.28. The Labute approximate surface area is 196 Å². The second-order valence-corrected chi connectivity index (χ2v) is 9.12. The van der Waals surface area contributed by atoms with Crippen molar-refractivity contribution in [1.82, 2.24) is 14.4 Å². The molecule has 2 aliphatic heterocycles. The molecule has 0 radical (unpaired) electrons. The Bertz CT molecular complexity index is 1050. The van der Waals surface area contributed by atoms with E-state index in [0.29, 0.717) is 6.54 Å². The van der Waals surface area contributed by atoms with Crippen molar-refractivity contribution in [1.29, 1.82) is 0 Å². The number of nitrogens with one attached hydrogen (secondary N) is 1. The van der Waals surface area contributed by atoms with Crippen LogP contribution in [-0.2, 0) is 17.9 Å². The molecule has 1 saturated heterocycles. The summed E-state index contributed by atoms with van der Waals surface area (Å²) in [7, 11) is 0.